The fourth-order valence-corrected chi connectivity index (χ4v) is 6.77. The first-order valence-electron chi connectivity index (χ1n) is 11.7. The van der Waals surface area contributed by atoms with Crippen molar-refractivity contribution in [3.05, 3.63) is 89.6 Å². The van der Waals surface area contributed by atoms with Crippen LogP contribution in [-0.2, 0) is 34.0 Å². The number of benzene rings is 3. The molecular formula is C27H26N2O8S2. The van der Waals surface area contributed by atoms with Gasteiger partial charge in [-0.3, -0.25) is 4.79 Å². The van der Waals surface area contributed by atoms with Crippen LogP contribution in [0.15, 0.2) is 104 Å². The summed E-state index contributed by atoms with van der Waals surface area (Å²) in [5, 5.41) is 12.1. The maximum absolute atomic E-state index is 13.7. The first-order valence-corrected chi connectivity index (χ1v) is 14.7. The van der Waals surface area contributed by atoms with Crippen molar-refractivity contribution >= 4 is 37.2 Å². The number of nitrogens with zero attached hydrogens (tertiary/aromatic N) is 1. The molecule has 0 saturated carbocycles. The van der Waals surface area contributed by atoms with Crippen LogP contribution >= 0.6 is 0 Å². The van der Waals surface area contributed by atoms with Gasteiger partial charge < -0.3 is 20.1 Å². The Morgan fingerprint density at radius 3 is 2.15 bits per heavy atom. The minimum Gasteiger partial charge on any atom is -0.466 e. The summed E-state index contributed by atoms with van der Waals surface area (Å²) >= 11 is 0. The minimum absolute atomic E-state index is 0.00868. The van der Waals surface area contributed by atoms with Gasteiger partial charge in [0.15, 0.2) is 0 Å². The van der Waals surface area contributed by atoms with Crippen LogP contribution in [0, 0.1) is 6.92 Å². The third-order valence-electron chi connectivity index (χ3n) is 6.15. The van der Waals surface area contributed by atoms with E-state index >= 15 is 0 Å². The van der Waals surface area contributed by atoms with Crippen LogP contribution in [0.5, 0.6) is 0 Å². The second-order valence-electron chi connectivity index (χ2n) is 8.71. The van der Waals surface area contributed by atoms with Crippen LogP contribution in [0.4, 0.5) is 5.69 Å². The number of amides is 1. The van der Waals surface area contributed by atoms with Gasteiger partial charge >= 0.3 is 5.97 Å². The van der Waals surface area contributed by atoms with E-state index in [2.05, 4.69) is 5.32 Å². The predicted molar refractivity (Wildman–Crippen MR) is 141 cm³/mol. The molecule has 3 aromatic carbocycles. The molecule has 2 N–H and O–H groups in total. The number of methoxy groups -OCH3 is 1. The Hall–Kier alpha value is -4.00. The summed E-state index contributed by atoms with van der Waals surface area (Å²) < 4.78 is 58.8. The molecule has 1 amide bonds. The van der Waals surface area contributed by atoms with Gasteiger partial charge in [-0.2, -0.15) is 0 Å². The largest absolute Gasteiger partial charge is 0.466 e. The first kappa shape index (κ1) is 28.0. The Morgan fingerprint density at radius 2 is 1.54 bits per heavy atom. The number of anilines is 1. The van der Waals surface area contributed by atoms with Crippen molar-refractivity contribution in [1.29, 1.82) is 0 Å². The molecule has 3 aromatic rings. The molecule has 4 rings (SSSR count). The monoisotopic (exact) mass is 570 g/mol. The molecule has 0 atom stereocenters. The van der Waals surface area contributed by atoms with Crippen LogP contribution in [0.25, 0.3) is 0 Å². The third-order valence-corrected chi connectivity index (χ3v) is 9.74. The summed E-state index contributed by atoms with van der Waals surface area (Å²) in [5.74, 6) is -1.51. The van der Waals surface area contributed by atoms with Gasteiger partial charge in [0.2, 0.25) is 19.7 Å². The van der Waals surface area contributed by atoms with E-state index in [9.17, 15) is 31.5 Å². The third kappa shape index (κ3) is 5.44. The Kier molecular flexibility index (Phi) is 7.91. The molecule has 204 valence electrons. The lowest BCUT2D eigenvalue weighted by molar-refractivity contribution is -0.136. The van der Waals surface area contributed by atoms with Crippen molar-refractivity contribution in [3.8, 4) is 0 Å². The van der Waals surface area contributed by atoms with Gasteiger partial charge in [0.25, 0.3) is 5.91 Å². The van der Waals surface area contributed by atoms with E-state index in [1.807, 2.05) is 0 Å². The second kappa shape index (κ2) is 11.0. The number of sulfone groups is 2. The van der Waals surface area contributed by atoms with Gasteiger partial charge in [-0.15, -0.1) is 0 Å². The number of nitrogens with one attached hydrogen (secondary N) is 1. The Labute approximate surface area is 226 Å². The normalized spacial score (nSPS) is 14.0. The molecule has 0 unspecified atom stereocenters. The number of carbonyl (C=O) groups excluding carboxylic acids is 2. The Bertz CT molecular complexity index is 1660. The molecular weight excluding hydrogens is 544 g/mol. The van der Waals surface area contributed by atoms with Crippen molar-refractivity contribution in [2.45, 2.75) is 26.5 Å². The zero-order chi connectivity index (χ0) is 28.4. The summed E-state index contributed by atoms with van der Waals surface area (Å²) in [6.45, 7) is 1.17. The van der Waals surface area contributed by atoms with Crippen LogP contribution < -0.4 is 5.32 Å². The minimum atomic E-state index is -4.20. The smallest absolute Gasteiger partial charge is 0.337 e. The van der Waals surface area contributed by atoms with Crippen LogP contribution in [0.1, 0.15) is 5.56 Å². The van der Waals surface area contributed by atoms with Gasteiger partial charge in [0, 0.05) is 6.54 Å². The van der Waals surface area contributed by atoms with Crippen LogP contribution in [0.3, 0.4) is 0 Å². The molecule has 0 saturated heterocycles. The number of aryl methyl sites for hydroxylation is 1. The zero-order valence-electron chi connectivity index (χ0n) is 21.1. The summed E-state index contributed by atoms with van der Waals surface area (Å²) in [7, 11) is -7.13. The molecule has 1 aliphatic heterocycles. The SMILES string of the molecule is COC(=O)C1=C(Nc2cc(S(=O)(=O)c3ccccc3)ccc2S(=O)(=O)c2ccc(C)cc2)C(=O)N(CCO)C1. The molecule has 39 heavy (non-hydrogen) atoms. The molecule has 0 aromatic heterocycles. The summed E-state index contributed by atoms with van der Waals surface area (Å²) in [6.07, 6.45) is 0. The van der Waals surface area contributed by atoms with E-state index in [4.69, 9.17) is 4.74 Å². The number of esters is 1. The zero-order valence-corrected chi connectivity index (χ0v) is 22.8. The highest BCUT2D eigenvalue weighted by Crippen LogP contribution is 2.34. The first-order chi connectivity index (χ1) is 18.5. The van der Waals surface area contributed by atoms with E-state index in [0.29, 0.717) is 0 Å². The molecule has 0 bridgehead atoms. The van der Waals surface area contributed by atoms with E-state index in [1.165, 1.54) is 35.2 Å². The van der Waals surface area contributed by atoms with Crippen molar-refractivity contribution in [1.82, 2.24) is 4.90 Å². The van der Waals surface area contributed by atoms with Crippen LogP contribution in [0.2, 0.25) is 0 Å². The Morgan fingerprint density at radius 1 is 0.923 bits per heavy atom. The highest BCUT2D eigenvalue weighted by molar-refractivity contribution is 7.92. The fourth-order valence-electron chi connectivity index (χ4n) is 4.07. The molecule has 0 fully saturated rings. The van der Waals surface area contributed by atoms with Crippen molar-refractivity contribution in [2.24, 2.45) is 0 Å². The molecule has 0 spiro atoms. The molecule has 10 nitrogen and oxygen atoms in total. The molecule has 0 radical (unpaired) electrons. The fraction of sp³-hybridized carbons (Fsp3) is 0.185. The summed E-state index contributed by atoms with van der Waals surface area (Å²) in [4.78, 5) is 26.2. The average Bonchev–Trinajstić information content (AvgIpc) is 3.23. The number of hydrogen-bond donors (Lipinski definition) is 2. The topological polar surface area (TPSA) is 147 Å². The van der Waals surface area contributed by atoms with Crippen LogP contribution in [-0.4, -0.2) is 65.5 Å². The number of hydrogen-bond acceptors (Lipinski definition) is 9. The maximum Gasteiger partial charge on any atom is 0.337 e. The highest BCUT2D eigenvalue weighted by Gasteiger charge is 2.36. The molecule has 0 aliphatic carbocycles. The summed E-state index contributed by atoms with van der Waals surface area (Å²) in [5.41, 5.74) is 0.254. The molecule has 12 heteroatoms. The van der Waals surface area contributed by atoms with Gasteiger partial charge in [-0.05, 0) is 49.4 Å². The second-order valence-corrected chi connectivity index (χ2v) is 12.6. The van der Waals surface area contributed by atoms with Gasteiger partial charge in [-0.1, -0.05) is 35.9 Å². The lowest BCUT2D eigenvalue weighted by Crippen LogP contribution is -2.31. The standard InChI is InChI=1S/C27H26N2O8S2/c1-18-8-10-20(11-9-18)39(35,36)24-13-12-21(38(33,34)19-6-4-3-5-7-19)16-23(24)28-25-22(27(32)37-2)17-29(14-15-30)26(25)31/h3-13,16,28,30H,14-15,17H2,1-2H3. The Balaban J connectivity index is 1.91. The molecule has 1 aliphatic rings. The number of aliphatic hydroxyl groups is 1. The average molecular weight is 571 g/mol. The van der Waals surface area contributed by atoms with Crippen molar-refractivity contribution < 1.29 is 36.3 Å². The number of ether oxygens (including phenoxy) is 1. The predicted octanol–water partition coefficient (Wildman–Crippen LogP) is 2.33. The number of carbonyl (C=O) groups is 2. The van der Waals surface area contributed by atoms with Crippen molar-refractivity contribution in [2.75, 3.05) is 32.1 Å². The lowest BCUT2D eigenvalue weighted by atomic mass is 10.2. The lowest BCUT2D eigenvalue weighted by Gasteiger charge is -2.17. The van der Waals surface area contributed by atoms with E-state index in [0.717, 1.165) is 24.8 Å². The van der Waals surface area contributed by atoms with E-state index in [1.54, 1.807) is 37.3 Å². The van der Waals surface area contributed by atoms with Gasteiger partial charge in [0.1, 0.15) is 5.70 Å². The number of β-amino-alcohol motifs (C(OH)–C–C–N with tert-alkyl or cyclic N) is 1. The number of aliphatic hydroxyl groups excluding tert-OH is 1. The maximum atomic E-state index is 13.7. The van der Waals surface area contributed by atoms with E-state index in [-0.39, 0.29) is 56.2 Å². The highest BCUT2D eigenvalue weighted by atomic mass is 32.2. The van der Waals surface area contributed by atoms with Crippen molar-refractivity contribution in [3.63, 3.8) is 0 Å². The quantitative estimate of drug-likeness (QED) is 0.370. The molecule has 1 heterocycles. The summed E-state index contributed by atoms with van der Waals surface area (Å²) in [6, 6.07) is 17.1. The van der Waals surface area contributed by atoms with Gasteiger partial charge in [0.05, 0.1) is 51.1 Å². The van der Waals surface area contributed by atoms with Gasteiger partial charge in [-0.25, -0.2) is 21.6 Å². The number of rotatable bonds is 9. The van der Waals surface area contributed by atoms with E-state index < -0.39 is 31.6 Å².